The average Bonchev–Trinajstić information content (AvgIpc) is 3.27. The molecular formula is C62H72O2P4. The average molecular weight is 973 g/mol. The fourth-order valence-corrected chi connectivity index (χ4v) is 13.3. The molecule has 0 radical (unpaired) electrons. The van der Waals surface area contributed by atoms with Crippen LogP contribution in [0, 0.1) is 83.1 Å². The molecule has 0 heterocycles. The first-order valence-electron chi connectivity index (χ1n) is 23.3. The van der Waals surface area contributed by atoms with Gasteiger partial charge in [0.05, 0.1) is 14.2 Å². The molecule has 0 saturated heterocycles. The van der Waals surface area contributed by atoms with E-state index in [-0.39, 0.29) is 0 Å². The van der Waals surface area contributed by atoms with Gasteiger partial charge in [-0.1, -0.05) is 224 Å². The zero-order valence-electron chi connectivity index (χ0n) is 42.8. The zero-order valence-corrected chi connectivity index (χ0v) is 46.8. The van der Waals surface area contributed by atoms with E-state index >= 15 is 0 Å². The van der Waals surface area contributed by atoms with E-state index in [0.717, 1.165) is 37.2 Å². The maximum atomic E-state index is 5.36. The first kappa shape index (κ1) is 54.0. The second kappa shape index (κ2) is 26.7. The second-order valence-corrected chi connectivity index (χ2v) is 23.3. The summed E-state index contributed by atoms with van der Waals surface area (Å²) in [4.78, 5) is 0. The topological polar surface area (TPSA) is 18.5 Å². The minimum absolute atomic E-state index is 0.538. The van der Waals surface area contributed by atoms with Crippen molar-refractivity contribution < 1.29 is 9.47 Å². The predicted molar refractivity (Wildman–Crippen MR) is 312 cm³/mol. The normalized spacial score (nSPS) is 10.4. The number of methoxy groups -OCH3 is 2. The van der Waals surface area contributed by atoms with Crippen LogP contribution in [0.2, 0.25) is 0 Å². The highest BCUT2D eigenvalue weighted by Crippen LogP contribution is 2.25. The maximum absolute atomic E-state index is 5.36. The van der Waals surface area contributed by atoms with Crippen LogP contribution in [-0.4, -0.2) is 14.2 Å². The van der Waals surface area contributed by atoms with Crippen LogP contribution in [-0.2, 0) is 0 Å². The molecule has 0 aliphatic heterocycles. The van der Waals surface area contributed by atoms with Gasteiger partial charge in [0.25, 0.3) is 0 Å². The minimum atomic E-state index is 0.538. The summed E-state index contributed by atoms with van der Waals surface area (Å²) < 4.78 is 10.7. The van der Waals surface area contributed by atoms with E-state index in [9.17, 15) is 0 Å². The highest BCUT2D eigenvalue weighted by Gasteiger charge is 2.10. The predicted octanol–water partition coefficient (Wildman–Crippen LogP) is 13.0. The fraction of sp³-hybridized carbons (Fsp3) is 0.226. The van der Waals surface area contributed by atoms with Crippen molar-refractivity contribution in [2.75, 3.05) is 14.2 Å². The minimum Gasteiger partial charge on any atom is -0.496 e. The summed E-state index contributed by atoms with van der Waals surface area (Å²) in [6.45, 7) is 26.2. The van der Waals surface area contributed by atoms with Gasteiger partial charge in [0.15, 0.2) is 0 Å². The van der Waals surface area contributed by atoms with E-state index in [2.05, 4.69) is 204 Å². The van der Waals surface area contributed by atoms with Crippen molar-refractivity contribution in [3.8, 4) is 11.5 Å². The van der Waals surface area contributed by atoms with Gasteiger partial charge in [0.1, 0.15) is 11.5 Å². The molecule has 0 spiro atoms. The number of benzene rings is 8. The van der Waals surface area contributed by atoms with E-state index in [1.54, 1.807) is 14.2 Å². The monoisotopic (exact) mass is 972 g/mol. The summed E-state index contributed by atoms with van der Waals surface area (Å²) in [6, 6.07) is 56.6. The van der Waals surface area contributed by atoms with E-state index in [4.69, 9.17) is 9.47 Å². The molecule has 0 aliphatic rings. The summed E-state index contributed by atoms with van der Waals surface area (Å²) in [5.41, 5.74) is 16.5. The van der Waals surface area contributed by atoms with Crippen molar-refractivity contribution in [2.45, 2.75) is 83.1 Å². The number of para-hydroxylation sites is 2. The van der Waals surface area contributed by atoms with Crippen molar-refractivity contribution >= 4 is 76.8 Å². The third-order valence-electron chi connectivity index (χ3n) is 11.2. The molecule has 0 atom stereocenters. The van der Waals surface area contributed by atoms with Crippen LogP contribution in [0.15, 0.2) is 158 Å². The lowest BCUT2D eigenvalue weighted by molar-refractivity contribution is 0.417. The Morgan fingerprint density at radius 3 is 0.882 bits per heavy atom. The summed E-state index contributed by atoms with van der Waals surface area (Å²) in [6.07, 6.45) is 0. The molecule has 0 bridgehead atoms. The Hall–Kier alpha value is -4.92. The third-order valence-corrected chi connectivity index (χ3v) is 17.1. The Labute approximate surface area is 417 Å². The van der Waals surface area contributed by atoms with Crippen molar-refractivity contribution in [2.24, 2.45) is 0 Å². The molecule has 8 aromatic rings. The van der Waals surface area contributed by atoms with Crippen LogP contribution in [0.25, 0.3) is 0 Å². The van der Waals surface area contributed by atoms with Crippen molar-refractivity contribution in [1.29, 1.82) is 0 Å². The van der Waals surface area contributed by atoms with E-state index in [0.29, 0.717) is 8.58 Å². The lowest BCUT2D eigenvalue weighted by Crippen LogP contribution is -2.15. The Kier molecular flexibility index (Phi) is 21.2. The van der Waals surface area contributed by atoms with Gasteiger partial charge >= 0.3 is 0 Å². The molecule has 0 N–H and O–H groups in total. The van der Waals surface area contributed by atoms with Gasteiger partial charge in [-0.2, -0.15) is 0 Å². The number of ether oxygens (including phenoxy) is 2. The first-order chi connectivity index (χ1) is 32.5. The van der Waals surface area contributed by atoms with Gasteiger partial charge in [0.2, 0.25) is 0 Å². The van der Waals surface area contributed by atoms with Gasteiger partial charge in [0, 0.05) is 10.6 Å². The number of rotatable bonds is 10. The van der Waals surface area contributed by atoms with Gasteiger partial charge in [-0.25, -0.2) is 0 Å². The van der Waals surface area contributed by atoms with Crippen LogP contribution >= 0.6 is 34.3 Å². The largest absolute Gasteiger partial charge is 0.496 e. The molecule has 0 amide bonds. The highest BCUT2D eigenvalue weighted by atomic mass is 31.1. The standard InChI is InChI=1S/C18H23P.C16H19P.C14H15O2P.C14H15P/c1-11-7-13(3)17(14(4)8-11)19-18-15(5)9-12(2)10-16(18)6;1-11-5-12(2)8-15(7-11)17-16-9-13(3)6-14(4)10-16;1-15-11-7-3-5-9-13(11)17-14-10-6-4-8-12(14)16-2;1-11-3-7-13(8-4-11)15-14-9-5-12(2)6-10-14/h7-10,19H,1-6H3;5-10,17H,1-4H3;3-10,17H,1-2H3;3-10,15H,1-2H3. The summed E-state index contributed by atoms with van der Waals surface area (Å²) in [7, 11) is 6.23. The van der Waals surface area contributed by atoms with Crippen LogP contribution < -0.4 is 51.9 Å². The Morgan fingerprint density at radius 1 is 0.265 bits per heavy atom. The summed E-state index contributed by atoms with van der Waals surface area (Å²) >= 11 is 0. The smallest absolute Gasteiger partial charge is 0.126 e. The molecule has 6 heteroatoms. The molecule has 0 unspecified atom stereocenters. The molecule has 0 aliphatic carbocycles. The Morgan fingerprint density at radius 2 is 0.559 bits per heavy atom. The molecule has 8 rings (SSSR count). The maximum Gasteiger partial charge on any atom is 0.126 e. The Bertz CT molecular complexity index is 2600. The molecule has 68 heavy (non-hydrogen) atoms. The lowest BCUT2D eigenvalue weighted by atomic mass is 10.1. The van der Waals surface area contributed by atoms with Gasteiger partial charge in [-0.05, 0) is 149 Å². The molecule has 352 valence electrons. The zero-order chi connectivity index (χ0) is 49.3. The number of hydrogen-bond acceptors (Lipinski definition) is 2. The molecule has 8 aromatic carbocycles. The first-order valence-corrected chi connectivity index (χ1v) is 27.3. The van der Waals surface area contributed by atoms with E-state index in [1.165, 1.54) is 109 Å². The SMILES string of the molecule is COc1ccccc1Pc1ccccc1OC.Cc1cc(C)c(Pc2c(C)cc(C)cc2C)c(C)c1.Cc1cc(C)cc(Pc2cc(C)cc(C)c2)c1.Cc1ccc(Pc2ccc(C)cc2)cc1. The molecule has 0 saturated carbocycles. The number of hydrogen-bond donors (Lipinski definition) is 0. The Balaban J connectivity index is 0.000000170. The van der Waals surface area contributed by atoms with Crippen LogP contribution in [0.3, 0.4) is 0 Å². The molecule has 2 nitrogen and oxygen atoms in total. The molecule has 0 aromatic heterocycles. The van der Waals surface area contributed by atoms with E-state index in [1.807, 2.05) is 36.4 Å². The van der Waals surface area contributed by atoms with Gasteiger partial charge in [-0.15, -0.1) is 0 Å². The summed E-state index contributed by atoms with van der Waals surface area (Å²) in [5, 5.41) is 11.1. The van der Waals surface area contributed by atoms with E-state index < -0.39 is 0 Å². The lowest BCUT2D eigenvalue weighted by Gasteiger charge is -2.16. The summed E-state index contributed by atoms with van der Waals surface area (Å²) in [5.74, 6) is 1.86. The fourth-order valence-electron chi connectivity index (χ4n) is 8.22. The van der Waals surface area contributed by atoms with Crippen molar-refractivity contribution in [3.63, 3.8) is 0 Å². The van der Waals surface area contributed by atoms with Gasteiger partial charge in [-0.3, -0.25) is 0 Å². The number of aryl methyl sites for hydroxylation is 12. The van der Waals surface area contributed by atoms with Crippen LogP contribution in [0.1, 0.15) is 66.8 Å². The molecular weight excluding hydrogens is 901 g/mol. The highest BCUT2D eigenvalue weighted by molar-refractivity contribution is 7.56. The van der Waals surface area contributed by atoms with Crippen molar-refractivity contribution in [3.05, 3.63) is 224 Å². The van der Waals surface area contributed by atoms with Crippen LogP contribution in [0.4, 0.5) is 0 Å². The quantitative estimate of drug-likeness (QED) is 0.127. The molecule has 0 fully saturated rings. The second-order valence-electron chi connectivity index (χ2n) is 17.9. The van der Waals surface area contributed by atoms with Gasteiger partial charge < -0.3 is 9.47 Å². The van der Waals surface area contributed by atoms with Crippen LogP contribution in [0.5, 0.6) is 11.5 Å². The van der Waals surface area contributed by atoms with Crippen molar-refractivity contribution in [1.82, 2.24) is 0 Å². The third kappa shape index (κ3) is 17.2.